The van der Waals surface area contributed by atoms with Gasteiger partial charge in [-0.25, -0.2) is 0 Å². The Labute approximate surface area is 97.7 Å². The van der Waals surface area contributed by atoms with Crippen LogP contribution in [-0.2, 0) is 6.42 Å². The van der Waals surface area contributed by atoms with Crippen molar-refractivity contribution in [3.63, 3.8) is 0 Å². The second-order valence-corrected chi connectivity index (χ2v) is 5.22. The molecule has 3 atom stereocenters. The fourth-order valence-corrected chi connectivity index (χ4v) is 2.68. The first-order chi connectivity index (χ1) is 7.66. The van der Waals surface area contributed by atoms with E-state index >= 15 is 0 Å². The van der Waals surface area contributed by atoms with E-state index in [1.54, 1.807) is 0 Å². The number of nitrogens with zero attached hydrogens (tertiary/aromatic N) is 1. The van der Waals surface area contributed by atoms with Crippen molar-refractivity contribution in [2.45, 2.75) is 45.6 Å². The monoisotopic (exact) mass is 219 g/mol. The molecule has 1 N–H and O–H groups in total. The Morgan fingerprint density at radius 1 is 1.44 bits per heavy atom. The van der Waals surface area contributed by atoms with Gasteiger partial charge in [-0.2, -0.15) is 0 Å². The van der Waals surface area contributed by atoms with Gasteiger partial charge in [-0.1, -0.05) is 13.0 Å². The third-order valence-electron chi connectivity index (χ3n) is 3.78. The van der Waals surface area contributed by atoms with E-state index in [-0.39, 0.29) is 6.10 Å². The third-order valence-corrected chi connectivity index (χ3v) is 3.78. The summed E-state index contributed by atoms with van der Waals surface area (Å²) in [5.74, 6) is 1.15. The van der Waals surface area contributed by atoms with Gasteiger partial charge in [0.1, 0.15) is 0 Å². The molecular formula is C14H21NO. The van der Waals surface area contributed by atoms with E-state index in [9.17, 15) is 5.11 Å². The number of hydrogen-bond donors (Lipinski definition) is 1. The Balaban J connectivity index is 2.06. The van der Waals surface area contributed by atoms with Crippen molar-refractivity contribution in [1.82, 2.24) is 4.98 Å². The van der Waals surface area contributed by atoms with Crippen LogP contribution in [0.15, 0.2) is 18.3 Å². The molecule has 1 aliphatic rings. The second kappa shape index (κ2) is 4.96. The first kappa shape index (κ1) is 11.6. The van der Waals surface area contributed by atoms with Gasteiger partial charge >= 0.3 is 0 Å². The lowest BCUT2D eigenvalue weighted by Crippen LogP contribution is -2.30. The first-order valence-electron chi connectivity index (χ1n) is 6.25. The molecule has 2 nitrogen and oxygen atoms in total. The summed E-state index contributed by atoms with van der Waals surface area (Å²) in [6.07, 6.45) is 5.91. The highest BCUT2D eigenvalue weighted by Gasteiger charge is 2.27. The maximum atomic E-state index is 10.0. The Kier molecular flexibility index (Phi) is 3.59. The van der Waals surface area contributed by atoms with E-state index in [2.05, 4.69) is 24.9 Å². The van der Waals surface area contributed by atoms with Crippen molar-refractivity contribution in [1.29, 1.82) is 0 Å². The van der Waals surface area contributed by atoms with Crippen LogP contribution < -0.4 is 0 Å². The van der Waals surface area contributed by atoms with Crippen molar-refractivity contribution < 1.29 is 5.11 Å². The molecule has 1 fully saturated rings. The average molecular weight is 219 g/mol. The Morgan fingerprint density at radius 2 is 2.25 bits per heavy atom. The number of aromatic nitrogens is 1. The minimum atomic E-state index is -0.127. The molecular weight excluding hydrogens is 198 g/mol. The topological polar surface area (TPSA) is 33.1 Å². The van der Waals surface area contributed by atoms with E-state index in [0.29, 0.717) is 5.92 Å². The molecule has 1 heterocycles. The van der Waals surface area contributed by atoms with Crippen LogP contribution in [0.3, 0.4) is 0 Å². The highest BCUT2D eigenvalue weighted by molar-refractivity contribution is 5.18. The molecule has 0 aliphatic heterocycles. The van der Waals surface area contributed by atoms with Crippen molar-refractivity contribution in [3.8, 4) is 0 Å². The molecule has 1 saturated carbocycles. The number of hydrogen-bond acceptors (Lipinski definition) is 2. The van der Waals surface area contributed by atoms with Crippen LogP contribution in [0.4, 0.5) is 0 Å². The van der Waals surface area contributed by atoms with Crippen molar-refractivity contribution >= 4 is 0 Å². The van der Waals surface area contributed by atoms with Crippen LogP contribution in [0, 0.1) is 18.8 Å². The van der Waals surface area contributed by atoms with Crippen LogP contribution in [0.5, 0.6) is 0 Å². The fraction of sp³-hybridized carbons (Fsp3) is 0.643. The molecule has 0 radical (unpaired) electrons. The summed E-state index contributed by atoms with van der Waals surface area (Å²) in [4.78, 5) is 4.42. The Morgan fingerprint density at radius 3 is 3.00 bits per heavy atom. The molecule has 88 valence electrons. The Bertz CT molecular complexity index is 350. The summed E-state index contributed by atoms with van der Waals surface area (Å²) in [7, 11) is 0. The van der Waals surface area contributed by atoms with E-state index < -0.39 is 0 Å². The summed E-state index contributed by atoms with van der Waals surface area (Å²) in [6.45, 7) is 4.38. The fourth-order valence-electron chi connectivity index (χ4n) is 2.68. The van der Waals surface area contributed by atoms with E-state index in [4.69, 9.17) is 0 Å². The second-order valence-electron chi connectivity index (χ2n) is 5.22. The van der Waals surface area contributed by atoms with Gasteiger partial charge in [-0.15, -0.1) is 0 Å². The lowest BCUT2D eigenvalue weighted by molar-refractivity contribution is 0.0514. The summed E-state index contributed by atoms with van der Waals surface area (Å²) in [6, 6.07) is 4.07. The normalized spacial score (nSPS) is 30.3. The van der Waals surface area contributed by atoms with Gasteiger partial charge in [-0.3, -0.25) is 4.98 Å². The van der Waals surface area contributed by atoms with Crippen molar-refractivity contribution in [2.24, 2.45) is 11.8 Å². The van der Waals surface area contributed by atoms with E-state index in [1.807, 2.05) is 12.3 Å². The molecule has 16 heavy (non-hydrogen) atoms. The predicted molar refractivity (Wildman–Crippen MR) is 65.2 cm³/mol. The first-order valence-corrected chi connectivity index (χ1v) is 6.25. The molecule has 1 aliphatic carbocycles. The van der Waals surface area contributed by atoms with Gasteiger partial charge in [-0.05, 0) is 56.1 Å². The third kappa shape index (κ3) is 2.62. The molecule has 0 amide bonds. The van der Waals surface area contributed by atoms with Crippen molar-refractivity contribution in [3.05, 3.63) is 29.6 Å². The summed E-state index contributed by atoms with van der Waals surface area (Å²) in [5.41, 5.74) is 2.40. The zero-order valence-electron chi connectivity index (χ0n) is 10.2. The van der Waals surface area contributed by atoms with Gasteiger partial charge in [0.2, 0.25) is 0 Å². The zero-order valence-corrected chi connectivity index (χ0v) is 10.2. The lowest BCUT2D eigenvalue weighted by Gasteiger charge is -2.31. The van der Waals surface area contributed by atoms with E-state index in [1.165, 1.54) is 12.0 Å². The highest BCUT2D eigenvalue weighted by atomic mass is 16.3. The minimum absolute atomic E-state index is 0.127. The van der Waals surface area contributed by atoms with Gasteiger partial charge in [0.15, 0.2) is 0 Å². The maximum Gasteiger partial charge on any atom is 0.0572 e. The van der Waals surface area contributed by atoms with Gasteiger partial charge in [0.25, 0.3) is 0 Å². The van der Waals surface area contributed by atoms with E-state index in [0.717, 1.165) is 30.9 Å². The molecule has 1 aromatic rings. The summed E-state index contributed by atoms with van der Waals surface area (Å²) in [5, 5.41) is 10.0. The van der Waals surface area contributed by atoms with Gasteiger partial charge in [0, 0.05) is 11.9 Å². The van der Waals surface area contributed by atoms with Crippen LogP contribution in [0.1, 0.15) is 37.4 Å². The molecule has 0 saturated heterocycles. The number of aryl methyl sites for hydroxylation is 1. The molecule has 0 spiro atoms. The summed E-state index contributed by atoms with van der Waals surface area (Å²) >= 11 is 0. The molecule has 3 unspecified atom stereocenters. The van der Waals surface area contributed by atoms with Crippen molar-refractivity contribution in [2.75, 3.05) is 0 Å². The maximum absolute atomic E-state index is 10.0. The SMILES string of the molecule is Cc1cccnc1CC1CC(C)CCC1O. The molecule has 0 aromatic carbocycles. The quantitative estimate of drug-likeness (QED) is 0.829. The van der Waals surface area contributed by atoms with Crippen LogP contribution >= 0.6 is 0 Å². The largest absolute Gasteiger partial charge is 0.393 e. The predicted octanol–water partition coefficient (Wildman–Crippen LogP) is 2.73. The molecule has 2 heteroatoms. The number of aliphatic hydroxyl groups is 1. The van der Waals surface area contributed by atoms with Gasteiger partial charge in [0.05, 0.1) is 6.10 Å². The zero-order chi connectivity index (χ0) is 11.5. The number of aliphatic hydroxyl groups excluding tert-OH is 1. The lowest BCUT2D eigenvalue weighted by atomic mass is 9.78. The van der Waals surface area contributed by atoms with Crippen LogP contribution in [0.25, 0.3) is 0 Å². The van der Waals surface area contributed by atoms with Crippen LogP contribution in [0.2, 0.25) is 0 Å². The van der Waals surface area contributed by atoms with Crippen LogP contribution in [-0.4, -0.2) is 16.2 Å². The standard InChI is InChI=1S/C14H21NO/c1-10-5-6-14(16)12(8-10)9-13-11(2)4-3-7-15-13/h3-4,7,10,12,14,16H,5-6,8-9H2,1-2H3. The highest BCUT2D eigenvalue weighted by Crippen LogP contribution is 2.31. The smallest absolute Gasteiger partial charge is 0.0572 e. The number of pyridine rings is 1. The minimum Gasteiger partial charge on any atom is -0.393 e. The Hall–Kier alpha value is -0.890. The van der Waals surface area contributed by atoms with Gasteiger partial charge < -0.3 is 5.11 Å². The molecule has 2 rings (SSSR count). The molecule has 0 bridgehead atoms. The molecule has 1 aromatic heterocycles. The number of rotatable bonds is 2. The summed E-state index contributed by atoms with van der Waals surface area (Å²) < 4.78 is 0. The average Bonchev–Trinajstić information content (AvgIpc) is 2.27.